The summed E-state index contributed by atoms with van der Waals surface area (Å²) >= 11 is -0.322. The van der Waals surface area contributed by atoms with Gasteiger partial charge in [-0.2, -0.15) is 0 Å². The van der Waals surface area contributed by atoms with Gasteiger partial charge in [0.1, 0.15) is 6.26 Å². The Kier molecular flexibility index (Phi) is 3.41. The predicted molar refractivity (Wildman–Crippen MR) is 46.1 cm³/mol. The number of rotatable bonds is 3. The Morgan fingerprint density at radius 3 is 2.64 bits per heavy atom. The molecule has 1 rings (SSSR count). The van der Waals surface area contributed by atoms with Gasteiger partial charge in [-0.05, 0) is 11.6 Å². The van der Waals surface area contributed by atoms with E-state index < -0.39 is 0 Å². The van der Waals surface area contributed by atoms with E-state index in [2.05, 4.69) is 4.18 Å². The maximum Gasteiger partial charge on any atom is 0.192 e. The molecule has 2 nitrogen and oxygen atoms in total. The fourth-order valence-electron chi connectivity index (χ4n) is 0.698. The molecule has 0 atom stereocenters. The largest absolute Gasteiger partial charge is 0.411 e. The SMILES string of the molecule is O=[SH]OC=Cc1ccccc1. The molecule has 0 spiro atoms. The quantitative estimate of drug-likeness (QED) is 0.547. The molecule has 0 saturated heterocycles. The highest BCUT2D eigenvalue weighted by atomic mass is 32.2. The van der Waals surface area contributed by atoms with E-state index >= 15 is 0 Å². The first kappa shape index (κ1) is 8.01. The summed E-state index contributed by atoms with van der Waals surface area (Å²) in [6, 6.07) is 9.65. The third-order valence-corrected chi connectivity index (χ3v) is 1.37. The van der Waals surface area contributed by atoms with Crippen LogP contribution in [0.5, 0.6) is 0 Å². The Balaban J connectivity index is 2.57. The lowest BCUT2D eigenvalue weighted by atomic mass is 10.2. The average molecular weight is 168 g/mol. The number of hydrogen-bond donors (Lipinski definition) is 1. The van der Waals surface area contributed by atoms with Crippen molar-refractivity contribution in [2.75, 3.05) is 0 Å². The normalized spacial score (nSPS) is 10.2. The van der Waals surface area contributed by atoms with Crippen molar-refractivity contribution >= 4 is 18.0 Å². The summed E-state index contributed by atoms with van der Waals surface area (Å²) in [4.78, 5) is 0. The van der Waals surface area contributed by atoms with Crippen molar-refractivity contribution in [2.24, 2.45) is 0 Å². The first-order valence-electron chi connectivity index (χ1n) is 3.13. The second-order valence-corrected chi connectivity index (χ2v) is 2.25. The molecule has 58 valence electrons. The maximum atomic E-state index is 9.82. The molecule has 0 bridgehead atoms. The summed E-state index contributed by atoms with van der Waals surface area (Å²) in [7, 11) is 0. The third kappa shape index (κ3) is 3.00. The van der Waals surface area contributed by atoms with E-state index in [-0.39, 0.29) is 11.9 Å². The molecule has 0 aliphatic carbocycles. The molecule has 0 N–H and O–H groups in total. The Hall–Kier alpha value is -1.09. The van der Waals surface area contributed by atoms with Crippen LogP contribution in [0.3, 0.4) is 0 Å². The van der Waals surface area contributed by atoms with Gasteiger partial charge in [-0.1, -0.05) is 30.3 Å². The molecule has 0 aliphatic rings. The van der Waals surface area contributed by atoms with Gasteiger partial charge in [-0.25, -0.2) is 4.21 Å². The van der Waals surface area contributed by atoms with Crippen molar-refractivity contribution in [2.45, 2.75) is 0 Å². The van der Waals surface area contributed by atoms with Crippen LogP contribution < -0.4 is 0 Å². The van der Waals surface area contributed by atoms with Crippen LogP contribution in [-0.2, 0) is 16.1 Å². The molecule has 0 amide bonds. The zero-order chi connectivity index (χ0) is 7.94. The van der Waals surface area contributed by atoms with Crippen molar-refractivity contribution in [3.05, 3.63) is 42.2 Å². The van der Waals surface area contributed by atoms with E-state index in [0.717, 1.165) is 5.56 Å². The number of benzene rings is 1. The van der Waals surface area contributed by atoms with Crippen LogP contribution in [0, 0.1) is 0 Å². The Labute approximate surface area is 69.2 Å². The minimum Gasteiger partial charge on any atom is -0.411 e. The van der Waals surface area contributed by atoms with Crippen LogP contribution in [0.2, 0.25) is 0 Å². The van der Waals surface area contributed by atoms with Crippen LogP contribution in [-0.4, -0.2) is 4.21 Å². The Bertz CT molecular complexity index is 244. The molecular weight excluding hydrogens is 160 g/mol. The molecule has 0 aliphatic heterocycles. The minimum atomic E-state index is -0.322. The summed E-state index contributed by atoms with van der Waals surface area (Å²) < 4.78 is 14.3. The molecular formula is C8H8O2S. The van der Waals surface area contributed by atoms with E-state index in [9.17, 15) is 4.21 Å². The lowest BCUT2D eigenvalue weighted by Gasteiger charge is -1.88. The predicted octanol–water partition coefficient (Wildman–Crippen LogP) is 1.53. The first-order valence-corrected chi connectivity index (χ1v) is 3.86. The van der Waals surface area contributed by atoms with Gasteiger partial charge in [-0.15, -0.1) is 0 Å². The van der Waals surface area contributed by atoms with E-state index in [4.69, 9.17) is 0 Å². The Morgan fingerprint density at radius 2 is 2.00 bits per heavy atom. The standard InChI is InChI=1S/C8H8O2S/c9-11-10-7-6-8-4-2-1-3-5-8/h1-7,11H. The van der Waals surface area contributed by atoms with Crippen LogP contribution in [0.4, 0.5) is 0 Å². The molecule has 0 unspecified atom stereocenters. The van der Waals surface area contributed by atoms with Gasteiger partial charge >= 0.3 is 0 Å². The molecule has 0 fully saturated rings. The summed E-state index contributed by atoms with van der Waals surface area (Å²) in [5.41, 5.74) is 1.02. The fraction of sp³-hybridized carbons (Fsp3) is 0. The monoisotopic (exact) mass is 168 g/mol. The van der Waals surface area contributed by atoms with Crippen LogP contribution >= 0.6 is 0 Å². The molecule has 0 heterocycles. The van der Waals surface area contributed by atoms with Gasteiger partial charge < -0.3 is 4.18 Å². The molecule has 1 aromatic carbocycles. The fourth-order valence-corrected chi connectivity index (χ4v) is 0.809. The van der Waals surface area contributed by atoms with Crippen molar-refractivity contribution in [3.63, 3.8) is 0 Å². The molecule has 3 heteroatoms. The van der Waals surface area contributed by atoms with Gasteiger partial charge in [0.05, 0.1) is 0 Å². The lowest BCUT2D eigenvalue weighted by molar-refractivity contribution is 0.527. The van der Waals surface area contributed by atoms with Gasteiger partial charge in [-0.3, -0.25) is 0 Å². The second kappa shape index (κ2) is 4.68. The zero-order valence-electron chi connectivity index (χ0n) is 5.81. The topological polar surface area (TPSA) is 26.3 Å². The maximum absolute atomic E-state index is 9.82. The second-order valence-electron chi connectivity index (χ2n) is 1.89. The van der Waals surface area contributed by atoms with Crippen molar-refractivity contribution in [1.82, 2.24) is 0 Å². The highest BCUT2D eigenvalue weighted by Crippen LogP contribution is 2.00. The molecule has 1 aromatic rings. The summed E-state index contributed by atoms with van der Waals surface area (Å²) in [5, 5.41) is 0. The van der Waals surface area contributed by atoms with E-state index in [0.29, 0.717) is 0 Å². The zero-order valence-corrected chi connectivity index (χ0v) is 6.70. The van der Waals surface area contributed by atoms with Crippen molar-refractivity contribution < 1.29 is 8.39 Å². The average Bonchev–Trinajstić information content (AvgIpc) is 2.07. The number of hydrogen-bond acceptors (Lipinski definition) is 2. The van der Waals surface area contributed by atoms with E-state index in [1.165, 1.54) is 6.26 Å². The molecule has 11 heavy (non-hydrogen) atoms. The summed E-state index contributed by atoms with van der Waals surface area (Å²) in [5.74, 6) is 0. The first-order chi connectivity index (χ1) is 5.43. The summed E-state index contributed by atoms with van der Waals surface area (Å²) in [6.07, 6.45) is 3.13. The summed E-state index contributed by atoms with van der Waals surface area (Å²) in [6.45, 7) is 0. The van der Waals surface area contributed by atoms with Crippen molar-refractivity contribution in [1.29, 1.82) is 0 Å². The van der Waals surface area contributed by atoms with Gasteiger partial charge in [0.15, 0.2) is 11.9 Å². The third-order valence-electron chi connectivity index (χ3n) is 1.16. The van der Waals surface area contributed by atoms with E-state index in [1.54, 1.807) is 6.08 Å². The van der Waals surface area contributed by atoms with Gasteiger partial charge in [0.25, 0.3) is 0 Å². The Morgan fingerprint density at radius 1 is 1.27 bits per heavy atom. The molecule has 0 radical (unpaired) electrons. The molecule has 0 aromatic heterocycles. The highest BCUT2D eigenvalue weighted by Gasteiger charge is 1.80. The minimum absolute atomic E-state index is 0.322. The van der Waals surface area contributed by atoms with Crippen LogP contribution in [0.1, 0.15) is 5.56 Å². The number of thiol groups is 1. The van der Waals surface area contributed by atoms with Crippen LogP contribution in [0.15, 0.2) is 36.6 Å². The van der Waals surface area contributed by atoms with Gasteiger partial charge in [0.2, 0.25) is 0 Å². The highest BCUT2D eigenvalue weighted by molar-refractivity contribution is 7.60. The van der Waals surface area contributed by atoms with Crippen molar-refractivity contribution in [3.8, 4) is 0 Å². The van der Waals surface area contributed by atoms with Crippen LogP contribution in [0.25, 0.3) is 6.08 Å². The molecule has 0 saturated carbocycles. The smallest absolute Gasteiger partial charge is 0.192 e. The van der Waals surface area contributed by atoms with Gasteiger partial charge in [0, 0.05) is 0 Å². The van der Waals surface area contributed by atoms with E-state index in [1.807, 2.05) is 30.3 Å². The lowest BCUT2D eigenvalue weighted by Crippen LogP contribution is -1.70.